The van der Waals surface area contributed by atoms with Gasteiger partial charge in [-0.3, -0.25) is 4.79 Å². The van der Waals surface area contributed by atoms with Crippen LogP contribution in [0.25, 0.3) is 0 Å². The minimum absolute atomic E-state index is 0.0724. The molecule has 98 valence electrons. The molecule has 0 N–H and O–H groups in total. The number of piperidine rings is 1. The van der Waals surface area contributed by atoms with Crippen molar-refractivity contribution in [2.45, 2.75) is 18.2 Å². The van der Waals surface area contributed by atoms with Crippen molar-refractivity contribution >= 4 is 45.0 Å². The highest BCUT2D eigenvalue weighted by Gasteiger charge is 2.29. The van der Waals surface area contributed by atoms with Crippen molar-refractivity contribution in [2.75, 3.05) is 13.1 Å². The highest BCUT2D eigenvalue weighted by Crippen LogP contribution is 2.29. The molecule has 1 aliphatic rings. The molecule has 2 unspecified atom stereocenters. The molecule has 0 spiro atoms. The van der Waals surface area contributed by atoms with Crippen LogP contribution >= 0.6 is 39.1 Å². The molecule has 2 nitrogen and oxygen atoms in total. The Balaban J connectivity index is 2.22. The van der Waals surface area contributed by atoms with Gasteiger partial charge in [0.1, 0.15) is 0 Å². The summed E-state index contributed by atoms with van der Waals surface area (Å²) in [6, 6.07) is 5.14. The first-order valence-corrected chi connectivity index (χ1v) is 7.55. The molecule has 0 aromatic heterocycles. The van der Waals surface area contributed by atoms with E-state index in [0.717, 1.165) is 19.5 Å². The Kier molecular flexibility index (Phi) is 4.57. The molecule has 0 radical (unpaired) electrons. The number of alkyl halides is 1. The lowest BCUT2D eigenvalue weighted by atomic mass is 9.99. The highest BCUT2D eigenvalue weighted by molar-refractivity contribution is 9.09. The van der Waals surface area contributed by atoms with E-state index in [-0.39, 0.29) is 5.91 Å². The van der Waals surface area contributed by atoms with Crippen LogP contribution in [0.2, 0.25) is 10.0 Å². The van der Waals surface area contributed by atoms with Crippen molar-refractivity contribution in [2.24, 2.45) is 5.92 Å². The van der Waals surface area contributed by atoms with Crippen molar-refractivity contribution in [3.8, 4) is 0 Å². The molecule has 5 heteroatoms. The Morgan fingerprint density at radius 1 is 1.39 bits per heavy atom. The fraction of sp³-hybridized carbons (Fsp3) is 0.462. The number of benzene rings is 1. The molecule has 1 heterocycles. The fourth-order valence-corrected chi connectivity index (χ4v) is 3.09. The summed E-state index contributed by atoms with van der Waals surface area (Å²) in [6.45, 7) is 3.60. The van der Waals surface area contributed by atoms with Crippen LogP contribution in [0.5, 0.6) is 0 Å². The lowest BCUT2D eigenvalue weighted by Crippen LogP contribution is -2.43. The summed E-state index contributed by atoms with van der Waals surface area (Å²) in [5, 5.41) is 0.835. The summed E-state index contributed by atoms with van der Waals surface area (Å²) in [6.07, 6.45) is 0.953. The number of hydrogen-bond donors (Lipinski definition) is 0. The third-order valence-electron chi connectivity index (χ3n) is 3.26. The number of hydrogen-bond acceptors (Lipinski definition) is 1. The summed E-state index contributed by atoms with van der Waals surface area (Å²) in [5.74, 6) is 0.362. The van der Waals surface area contributed by atoms with Crippen molar-refractivity contribution < 1.29 is 4.79 Å². The second-order valence-electron chi connectivity index (χ2n) is 4.63. The van der Waals surface area contributed by atoms with Crippen LogP contribution in [-0.4, -0.2) is 28.7 Å². The number of rotatable bonds is 1. The van der Waals surface area contributed by atoms with Gasteiger partial charge >= 0.3 is 0 Å². The first-order chi connectivity index (χ1) is 8.50. The zero-order chi connectivity index (χ0) is 13.3. The summed E-state index contributed by atoms with van der Waals surface area (Å²) in [7, 11) is 0. The fourth-order valence-electron chi connectivity index (χ4n) is 2.16. The lowest BCUT2D eigenvalue weighted by molar-refractivity contribution is 0.0691. The van der Waals surface area contributed by atoms with Crippen LogP contribution in [-0.2, 0) is 0 Å². The van der Waals surface area contributed by atoms with Crippen LogP contribution in [0.15, 0.2) is 18.2 Å². The van der Waals surface area contributed by atoms with Gasteiger partial charge in [0.05, 0.1) is 15.6 Å². The molecule has 1 amide bonds. The van der Waals surface area contributed by atoms with Crippen LogP contribution < -0.4 is 0 Å². The molecular formula is C13H14BrCl2NO. The zero-order valence-electron chi connectivity index (χ0n) is 10.00. The molecule has 1 fully saturated rings. The van der Waals surface area contributed by atoms with Gasteiger partial charge in [-0.1, -0.05) is 52.1 Å². The Morgan fingerprint density at radius 3 is 2.56 bits per heavy atom. The highest BCUT2D eigenvalue weighted by atomic mass is 79.9. The van der Waals surface area contributed by atoms with Crippen LogP contribution in [0.4, 0.5) is 0 Å². The third kappa shape index (κ3) is 2.84. The number of likely N-dealkylation sites (tertiary alicyclic amines) is 1. The largest absolute Gasteiger partial charge is 0.338 e. The van der Waals surface area contributed by atoms with Gasteiger partial charge in [-0.2, -0.15) is 0 Å². The Bertz CT molecular complexity index is 446. The molecule has 1 saturated heterocycles. The average molecular weight is 351 g/mol. The number of carbonyl (C=O) groups excluding carboxylic acids is 1. The molecule has 1 aliphatic heterocycles. The number of nitrogens with zero attached hydrogens (tertiary/aromatic N) is 1. The van der Waals surface area contributed by atoms with E-state index < -0.39 is 0 Å². The summed E-state index contributed by atoms with van der Waals surface area (Å²) >= 11 is 15.8. The minimum Gasteiger partial charge on any atom is -0.338 e. The van der Waals surface area contributed by atoms with Gasteiger partial charge in [-0.05, 0) is 24.5 Å². The Morgan fingerprint density at radius 2 is 2.00 bits per heavy atom. The van der Waals surface area contributed by atoms with Gasteiger partial charge in [-0.25, -0.2) is 0 Å². The first-order valence-electron chi connectivity index (χ1n) is 5.88. The van der Waals surface area contributed by atoms with E-state index in [1.807, 2.05) is 4.90 Å². The van der Waals surface area contributed by atoms with Gasteiger partial charge in [0.25, 0.3) is 5.91 Å². The quantitative estimate of drug-likeness (QED) is 0.694. The van der Waals surface area contributed by atoms with Crippen molar-refractivity contribution in [1.29, 1.82) is 0 Å². The van der Waals surface area contributed by atoms with Gasteiger partial charge < -0.3 is 4.90 Å². The Labute approximate surface area is 125 Å². The second-order valence-corrected chi connectivity index (χ2v) is 6.62. The minimum atomic E-state index is -0.0724. The van der Waals surface area contributed by atoms with Crippen LogP contribution in [0.1, 0.15) is 23.7 Å². The first kappa shape index (κ1) is 14.2. The third-order valence-corrected chi connectivity index (χ3v) is 5.25. The second kappa shape index (κ2) is 5.81. The summed E-state index contributed by atoms with van der Waals surface area (Å²) < 4.78 is 0. The summed E-state index contributed by atoms with van der Waals surface area (Å²) in [5.41, 5.74) is 0.418. The van der Waals surface area contributed by atoms with E-state index in [9.17, 15) is 4.79 Å². The smallest absolute Gasteiger partial charge is 0.256 e. The number of carbonyl (C=O) groups is 1. The maximum absolute atomic E-state index is 12.4. The molecule has 2 atom stereocenters. The predicted octanol–water partition coefficient (Wildman–Crippen LogP) is 4.24. The van der Waals surface area contributed by atoms with E-state index in [0.29, 0.717) is 26.4 Å². The van der Waals surface area contributed by atoms with Crippen molar-refractivity contribution in [1.82, 2.24) is 4.90 Å². The molecular weight excluding hydrogens is 337 g/mol. The molecule has 2 rings (SSSR count). The van der Waals surface area contributed by atoms with E-state index in [1.165, 1.54) is 0 Å². The normalized spacial score (nSPS) is 24.1. The SMILES string of the molecule is CC1CN(C(=O)c2c(Cl)cccc2Cl)CCC1Br. The number of halogens is 3. The maximum atomic E-state index is 12.4. The molecule has 0 aliphatic carbocycles. The molecule has 1 aromatic carbocycles. The van der Waals surface area contributed by atoms with E-state index in [2.05, 4.69) is 22.9 Å². The van der Waals surface area contributed by atoms with Crippen molar-refractivity contribution in [3.05, 3.63) is 33.8 Å². The van der Waals surface area contributed by atoms with E-state index in [4.69, 9.17) is 23.2 Å². The van der Waals surface area contributed by atoms with Crippen molar-refractivity contribution in [3.63, 3.8) is 0 Å². The van der Waals surface area contributed by atoms with Crippen LogP contribution in [0, 0.1) is 5.92 Å². The molecule has 0 saturated carbocycles. The van der Waals surface area contributed by atoms with E-state index >= 15 is 0 Å². The van der Waals surface area contributed by atoms with Gasteiger partial charge in [-0.15, -0.1) is 0 Å². The van der Waals surface area contributed by atoms with Gasteiger partial charge in [0.15, 0.2) is 0 Å². The van der Waals surface area contributed by atoms with E-state index in [1.54, 1.807) is 18.2 Å². The predicted molar refractivity (Wildman–Crippen MR) is 78.9 cm³/mol. The maximum Gasteiger partial charge on any atom is 0.256 e. The summed E-state index contributed by atoms with van der Waals surface area (Å²) in [4.78, 5) is 14.7. The zero-order valence-corrected chi connectivity index (χ0v) is 13.1. The van der Waals surface area contributed by atoms with Gasteiger partial charge in [0, 0.05) is 17.9 Å². The molecule has 0 bridgehead atoms. The Hall–Kier alpha value is -0.250. The average Bonchev–Trinajstić information content (AvgIpc) is 2.32. The molecule has 1 aromatic rings. The monoisotopic (exact) mass is 349 g/mol. The van der Waals surface area contributed by atoms with Gasteiger partial charge in [0.2, 0.25) is 0 Å². The topological polar surface area (TPSA) is 20.3 Å². The lowest BCUT2D eigenvalue weighted by Gasteiger charge is -2.34. The number of amides is 1. The van der Waals surface area contributed by atoms with Crippen LogP contribution in [0.3, 0.4) is 0 Å². The molecule has 18 heavy (non-hydrogen) atoms. The standard InChI is InChI=1S/C13H14BrCl2NO/c1-8-7-17(6-5-9(8)14)13(18)12-10(15)3-2-4-11(12)16/h2-4,8-9H,5-7H2,1H3.